The van der Waals surface area contributed by atoms with Crippen LogP contribution in [0.15, 0.2) is 18.2 Å². The van der Waals surface area contributed by atoms with Crippen molar-refractivity contribution in [2.24, 2.45) is 29.6 Å². The normalized spacial score (nSPS) is 17.2. The molecule has 0 aliphatic heterocycles. The second-order valence-corrected chi connectivity index (χ2v) is 14.7. The monoisotopic (exact) mass is 672 g/mol. The summed E-state index contributed by atoms with van der Waals surface area (Å²) in [6.45, 7) is 16.0. The number of aromatic nitrogens is 2. The number of carbonyl (C=O) groups excluding carboxylic acids is 3. The van der Waals surface area contributed by atoms with Crippen molar-refractivity contribution in [1.82, 2.24) is 20.4 Å². The molecule has 1 aromatic heterocycles. The lowest BCUT2D eigenvalue weighted by molar-refractivity contribution is -0.168. The Labute approximate surface area is 286 Å². The van der Waals surface area contributed by atoms with Crippen molar-refractivity contribution in [1.29, 1.82) is 0 Å². The molecule has 2 aromatic rings. The average molecular weight is 673 g/mol. The maximum atomic E-state index is 13.5. The third kappa shape index (κ3) is 10.9. The smallest absolute Gasteiger partial charge is 0.410 e. The number of nitrogens with one attached hydrogen (secondary N) is 2. The molecule has 11 heteroatoms. The van der Waals surface area contributed by atoms with Gasteiger partial charge in [0.15, 0.2) is 0 Å². The molecule has 3 rings (SSSR count). The van der Waals surface area contributed by atoms with E-state index in [0.29, 0.717) is 13.0 Å². The molecule has 1 fully saturated rings. The van der Waals surface area contributed by atoms with E-state index in [1.165, 1.54) is 6.92 Å². The lowest BCUT2D eigenvalue weighted by Gasteiger charge is -2.35. The maximum Gasteiger partial charge on any atom is 0.410 e. The molecule has 1 heterocycles. The summed E-state index contributed by atoms with van der Waals surface area (Å²) in [5.41, 5.74) is 3.12. The van der Waals surface area contributed by atoms with Crippen LogP contribution in [0.25, 0.3) is 10.9 Å². The van der Waals surface area contributed by atoms with Crippen LogP contribution in [-0.2, 0) is 30.2 Å². The molecular weight excluding hydrogens is 612 g/mol. The number of alkyl carbamates (subject to hydrolysis) is 1. The highest BCUT2D eigenvalue weighted by atomic mass is 16.7. The van der Waals surface area contributed by atoms with E-state index in [1.54, 1.807) is 21.0 Å². The van der Waals surface area contributed by atoms with Crippen molar-refractivity contribution in [2.45, 2.75) is 124 Å². The summed E-state index contributed by atoms with van der Waals surface area (Å²) in [5.74, 6) is -0.932. The number of aliphatic hydroxyl groups is 1. The van der Waals surface area contributed by atoms with Gasteiger partial charge in [-0.2, -0.15) is 5.10 Å². The predicted molar refractivity (Wildman–Crippen MR) is 186 cm³/mol. The fourth-order valence-electron chi connectivity index (χ4n) is 6.50. The summed E-state index contributed by atoms with van der Waals surface area (Å²) in [7, 11) is 3.54. The van der Waals surface area contributed by atoms with E-state index < -0.39 is 36.4 Å². The minimum Gasteiger partial charge on any atom is -0.425 e. The molecule has 1 saturated carbocycles. The topological polar surface area (TPSA) is 143 Å². The Morgan fingerprint density at radius 2 is 1.71 bits per heavy atom. The molecule has 1 aromatic carbocycles. The zero-order valence-electron chi connectivity index (χ0n) is 30.7. The molecular formula is C37H60N4O7. The SMILES string of the molecule is COCCCc1n[nH]c2ccc([C@@H](C)C(C[C@H](NC(=O)OC(C)OC(=O)C(C)C)[C@@H](O)C[C@H](C(=O)N(C)C3CC3)C(C)C)C(C)C)cc12. The Hall–Kier alpha value is -3.18. The quantitative estimate of drug-likeness (QED) is 0.0911. The van der Waals surface area contributed by atoms with Crippen LogP contribution in [0.3, 0.4) is 0 Å². The molecule has 0 spiro atoms. The van der Waals surface area contributed by atoms with Gasteiger partial charge in [-0.25, -0.2) is 4.79 Å². The van der Waals surface area contributed by atoms with Gasteiger partial charge in [0.1, 0.15) is 0 Å². The number of hydrogen-bond acceptors (Lipinski definition) is 8. The van der Waals surface area contributed by atoms with Gasteiger partial charge in [0.2, 0.25) is 12.2 Å². The lowest BCUT2D eigenvalue weighted by atomic mass is 9.75. The van der Waals surface area contributed by atoms with Crippen molar-refractivity contribution >= 4 is 28.9 Å². The fraction of sp³-hybridized carbons (Fsp3) is 0.730. The van der Waals surface area contributed by atoms with Crippen molar-refractivity contribution in [3.8, 4) is 0 Å². The zero-order valence-corrected chi connectivity index (χ0v) is 30.7. The van der Waals surface area contributed by atoms with Crippen LogP contribution in [0, 0.1) is 29.6 Å². The van der Waals surface area contributed by atoms with Crippen LogP contribution < -0.4 is 5.32 Å². The number of H-pyrrole nitrogens is 1. The summed E-state index contributed by atoms with van der Waals surface area (Å²) < 4.78 is 15.9. The van der Waals surface area contributed by atoms with Crippen molar-refractivity contribution in [3.05, 3.63) is 29.5 Å². The number of hydrogen-bond donors (Lipinski definition) is 3. The van der Waals surface area contributed by atoms with Gasteiger partial charge in [0.05, 0.1) is 29.3 Å². The van der Waals surface area contributed by atoms with Gasteiger partial charge in [0, 0.05) is 45.0 Å². The third-order valence-corrected chi connectivity index (χ3v) is 9.83. The van der Waals surface area contributed by atoms with E-state index in [9.17, 15) is 19.5 Å². The highest BCUT2D eigenvalue weighted by Crippen LogP contribution is 2.37. The number of aromatic amines is 1. The van der Waals surface area contributed by atoms with Gasteiger partial charge >= 0.3 is 12.1 Å². The average Bonchev–Trinajstić information content (AvgIpc) is 3.80. The van der Waals surface area contributed by atoms with Crippen LogP contribution >= 0.6 is 0 Å². The largest absolute Gasteiger partial charge is 0.425 e. The van der Waals surface area contributed by atoms with E-state index in [4.69, 9.17) is 14.2 Å². The molecule has 1 aliphatic rings. The molecule has 11 nitrogen and oxygen atoms in total. The standard InChI is InChI=1S/C37H60N4O7/c1-21(2)28(24(7)26-13-16-32-30(18-26)31(39-40-32)12-11-17-46-10)19-33(38-37(45)48-25(8)47-36(44)23(5)6)34(42)20-29(22(3)4)35(43)41(9)27-14-15-27/h13,16,18,21-25,27-29,33-34,42H,11-12,14-15,17,19-20H2,1-10H3,(H,38,45)(H,39,40)/t24-,25?,28?,29+,33+,34+/m1/s1. The maximum absolute atomic E-state index is 13.5. The van der Waals surface area contributed by atoms with Gasteiger partial charge in [0.25, 0.3) is 0 Å². The van der Waals surface area contributed by atoms with E-state index in [0.717, 1.165) is 47.8 Å². The first-order valence-corrected chi connectivity index (χ1v) is 17.7. The molecule has 0 bridgehead atoms. The Bertz CT molecular complexity index is 1340. The summed E-state index contributed by atoms with van der Waals surface area (Å²) in [5, 5.41) is 23.5. The third-order valence-electron chi connectivity index (χ3n) is 9.83. The summed E-state index contributed by atoms with van der Waals surface area (Å²) >= 11 is 0. The molecule has 0 saturated heterocycles. The molecule has 0 radical (unpaired) electrons. The highest BCUT2D eigenvalue weighted by molar-refractivity contribution is 5.82. The number of aryl methyl sites for hydroxylation is 1. The number of fused-ring (bicyclic) bond motifs is 1. The van der Waals surface area contributed by atoms with Gasteiger partial charge in [-0.3, -0.25) is 14.7 Å². The second-order valence-electron chi connectivity index (χ2n) is 14.7. The number of carbonyl (C=O) groups is 3. The summed E-state index contributed by atoms with van der Waals surface area (Å²) in [4.78, 5) is 40.6. The first-order valence-electron chi connectivity index (χ1n) is 17.7. The van der Waals surface area contributed by atoms with Gasteiger partial charge in [-0.1, -0.05) is 54.5 Å². The Kier molecular flexibility index (Phi) is 14.7. The minimum atomic E-state index is -1.10. The predicted octanol–water partition coefficient (Wildman–Crippen LogP) is 6.19. The van der Waals surface area contributed by atoms with E-state index in [-0.39, 0.29) is 48.0 Å². The van der Waals surface area contributed by atoms with Crippen LogP contribution in [0.5, 0.6) is 0 Å². The van der Waals surface area contributed by atoms with Crippen LogP contribution in [0.4, 0.5) is 4.79 Å². The van der Waals surface area contributed by atoms with E-state index >= 15 is 0 Å². The van der Waals surface area contributed by atoms with E-state index in [2.05, 4.69) is 54.5 Å². The molecule has 2 unspecified atom stereocenters. The fourth-order valence-corrected chi connectivity index (χ4v) is 6.50. The van der Waals surface area contributed by atoms with Crippen LogP contribution in [0.1, 0.15) is 105 Å². The van der Waals surface area contributed by atoms with Crippen LogP contribution in [0.2, 0.25) is 0 Å². The number of ether oxygens (including phenoxy) is 3. The van der Waals surface area contributed by atoms with E-state index in [1.807, 2.05) is 25.8 Å². The highest BCUT2D eigenvalue weighted by Gasteiger charge is 2.38. The van der Waals surface area contributed by atoms with Gasteiger partial charge in [-0.05, 0) is 79.9 Å². The van der Waals surface area contributed by atoms with Crippen LogP contribution in [-0.4, -0.2) is 83.4 Å². The van der Waals surface area contributed by atoms with Gasteiger partial charge in [-0.15, -0.1) is 0 Å². The number of rotatable bonds is 19. The number of esters is 1. The number of benzene rings is 1. The summed E-state index contributed by atoms with van der Waals surface area (Å²) in [6.07, 6.45) is 1.39. The molecule has 1 aliphatic carbocycles. The first kappa shape index (κ1) is 39.3. The number of amides is 2. The first-order chi connectivity index (χ1) is 22.6. The minimum absolute atomic E-state index is 0.00369. The molecule has 6 atom stereocenters. The number of aliphatic hydroxyl groups excluding tert-OH is 1. The number of methoxy groups -OCH3 is 1. The van der Waals surface area contributed by atoms with Gasteiger partial charge < -0.3 is 29.5 Å². The second kappa shape index (κ2) is 18.0. The van der Waals surface area contributed by atoms with Crippen molar-refractivity contribution in [3.63, 3.8) is 0 Å². The Morgan fingerprint density at radius 3 is 2.29 bits per heavy atom. The Balaban J connectivity index is 1.87. The molecule has 2 amide bonds. The lowest BCUT2D eigenvalue weighted by Crippen LogP contribution is -2.48. The van der Waals surface area contributed by atoms with Crippen molar-refractivity contribution in [2.75, 3.05) is 20.8 Å². The Morgan fingerprint density at radius 1 is 1.02 bits per heavy atom. The van der Waals surface area contributed by atoms with Crippen molar-refractivity contribution < 1.29 is 33.7 Å². The molecule has 270 valence electrons. The zero-order chi connectivity index (χ0) is 35.7. The summed E-state index contributed by atoms with van der Waals surface area (Å²) in [6, 6.07) is 5.90. The molecule has 48 heavy (non-hydrogen) atoms. The molecule has 3 N–H and O–H groups in total. The number of nitrogens with zero attached hydrogens (tertiary/aromatic N) is 2.